The van der Waals surface area contributed by atoms with Crippen molar-refractivity contribution in [3.8, 4) is 12.1 Å². The van der Waals surface area contributed by atoms with Gasteiger partial charge in [-0.2, -0.15) is 10.5 Å². The Morgan fingerprint density at radius 1 is 1.22 bits per heavy atom. The number of carbonyl (C=O) groups excluding carboxylic acids is 2. The summed E-state index contributed by atoms with van der Waals surface area (Å²) in [6.07, 6.45) is 4.19. The molecule has 0 bridgehead atoms. The Kier molecular flexibility index (Phi) is 7.56. The van der Waals surface area contributed by atoms with Crippen LogP contribution in [-0.2, 0) is 30.6 Å². The number of carbonyl (C=O) groups is 2. The molecule has 0 aliphatic carbocycles. The Morgan fingerprint density at radius 3 is 2.11 bits per heavy atom. The van der Waals surface area contributed by atoms with E-state index >= 15 is 0 Å². The summed E-state index contributed by atoms with van der Waals surface area (Å²) in [5.74, 6) is -1.21. The van der Waals surface area contributed by atoms with Gasteiger partial charge in [-0.1, -0.05) is 30.3 Å². The number of methoxy groups -OCH3 is 1. The molecule has 1 aliphatic heterocycles. The highest BCUT2D eigenvalue weighted by molar-refractivity contribution is 7.98. The molecule has 0 aromatic heterocycles. The normalized spacial score (nSPS) is 17.3. The minimum absolute atomic E-state index is 0.273. The van der Waals surface area contributed by atoms with E-state index in [0.29, 0.717) is 18.4 Å². The molecule has 2 unspecified atom stereocenters. The second-order valence-electron chi connectivity index (χ2n) is 6.10. The quantitative estimate of drug-likeness (QED) is 0.557. The molecule has 8 heteroatoms. The van der Waals surface area contributed by atoms with Gasteiger partial charge in [0.25, 0.3) is 0 Å². The number of hydrogen-bond donors (Lipinski definition) is 0. The van der Waals surface area contributed by atoms with Gasteiger partial charge in [-0.05, 0) is 24.8 Å². The maximum atomic E-state index is 12.3. The number of aliphatic imine (C=N–C) groups is 1. The third-order valence-corrected chi connectivity index (χ3v) is 6.21. The third-order valence-electron chi connectivity index (χ3n) is 4.32. The second-order valence-corrected chi connectivity index (χ2v) is 8.35. The third kappa shape index (κ3) is 4.29. The first-order valence-electron chi connectivity index (χ1n) is 8.01. The van der Waals surface area contributed by atoms with Crippen molar-refractivity contribution in [3.05, 3.63) is 35.9 Å². The summed E-state index contributed by atoms with van der Waals surface area (Å²) >= 11 is 0. The van der Waals surface area contributed by atoms with Crippen molar-refractivity contribution in [2.45, 2.75) is 29.9 Å². The van der Waals surface area contributed by atoms with E-state index in [4.69, 9.17) is 4.74 Å². The zero-order valence-electron chi connectivity index (χ0n) is 15.7. The van der Waals surface area contributed by atoms with Crippen molar-refractivity contribution in [2.24, 2.45) is 4.99 Å². The lowest BCUT2D eigenvalue weighted by Gasteiger charge is -2.33. The highest BCUT2D eigenvalue weighted by Gasteiger charge is 2.66. The lowest BCUT2D eigenvalue weighted by atomic mass is 9.72. The number of hydrogen-bond acceptors (Lipinski definition) is 6. The fourth-order valence-electron chi connectivity index (χ4n) is 2.75. The van der Waals surface area contributed by atoms with E-state index in [2.05, 4.69) is 17.1 Å². The molecule has 1 amide bonds. The minimum atomic E-state index is -1.53. The molecule has 7 nitrogen and oxygen atoms in total. The smallest absolute Gasteiger partial charge is 0.379 e. The van der Waals surface area contributed by atoms with Gasteiger partial charge in [0.05, 0.1) is 25.7 Å². The van der Waals surface area contributed by atoms with Gasteiger partial charge in [0.15, 0.2) is 5.41 Å². The van der Waals surface area contributed by atoms with E-state index in [9.17, 15) is 25.2 Å². The molecule has 1 heterocycles. The van der Waals surface area contributed by atoms with Crippen LogP contribution >= 0.6 is 0 Å². The molecular weight excluding hydrogens is 366 g/mol. The van der Waals surface area contributed by atoms with Crippen molar-refractivity contribution in [1.82, 2.24) is 0 Å². The van der Waals surface area contributed by atoms with Crippen molar-refractivity contribution in [2.75, 3.05) is 19.6 Å². The summed E-state index contributed by atoms with van der Waals surface area (Å²) in [5, 5.41) is 29.4. The Hall–Kier alpha value is -2.84. The summed E-state index contributed by atoms with van der Waals surface area (Å²) in [7, 11) is 0.570. The Morgan fingerprint density at radius 2 is 1.81 bits per heavy atom. The van der Waals surface area contributed by atoms with Gasteiger partial charge in [-0.15, -0.1) is 0 Å². The van der Waals surface area contributed by atoms with Crippen LogP contribution in [0, 0.1) is 22.7 Å². The predicted molar refractivity (Wildman–Crippen MR) is 101 cm³/mol. The van der Waals surface area contributed by atoms with Crippen molar-refractivity contribution in [1.29, 1.82) is 10.5 Å². The second kappa shape index (κ2) is 9.20. The maximum absolute atomic E-state index is 12.3. The lowest BCUT2D eigenvalue weighted by molar-refractivity contribution is -0.217. The molecule has 2 atom stereocenters. The Bertz CT molecular complexity index is 810. The van der Waals surface area contributed by atoms with Gasteiger partial charge in [0.2, 0.25) is 5.91 Å². The molecule has 0 radical (unpaired) electrons. The largest absolute Gasteiger partial charge is 0.862 e. The monoisotopic (exact) mass is 387 g/mol. The van der Waals surface area contributed by atoms with Crippen LogP contribution in [0.5, 0.6) is 0 Å². The molecule has 1 aliphatic rings. The van der Waals surface area contributed by atoms with Crippen molar-refractivity contribution < 1.29 is 19.4 Å². The topological polar surface area (TPSA) is 126 Å². The Balaban J connectivity index is 0.000000433. The van der Waals surface area contributed by atoms with Crippen molar-refractivity contribution in [3.63, 3.8) is 0 Å². The number of nitrogens with zero attached hydrogens (tertiary/aromatic N) is 3. The number of rotatable bonds is 4. The highest BCUT2D eigenvalue weighted by Crippen LogP contribution is 2.41. The molecule has 0 saturated heterocycles. The first kappa shape index (κ1) is 22.2. The molecule has 1 aromatic rings. The molecule has 0 fully saturated rings. The molecule has 0 N–H and O–H groups in total. The van der Waals surface area contributed by atoms with Crippen LogP contribution < -0.4 is 5.11 Å². The van der Waals surface area contributed by atoms with Gasteiger partial charge >= 0.3 is 10.7 Å². The van der Waals surface area contributed by atoms with Gasteiger partial charge < -0.3 is 9.84 Å². The number of nitriles is 2. The first-order chi connectivity index (χ1) is 12.7. The van der Waals surface area contributed by atoms with Crippen LogP contribution in [0.2, 0.25) is 0 Å². The standard InChI is InChI=1S/C15H17N2O2S.C4H5NO2/c1-14(10-16,12-8-6-5-7-9-12)15(11-17,20(3)4)13(18)19-2;6-3-1-2-4(7)5-3/h5-9H,1-4H3;1-2H2,(H,5,6,7)/q+1;/p-1. The lowest BCUT2D eigenvalue weighted by Crippen LogP contribution is -2.59. The average Bonchev–Trinajstić information content (AvgIpc) is 3.05. The summed E-state index contributed by atoms with van der Waals surface area (Å²) in [4.78, 5) is 25.5. The fourth-order valence-corrected chi connectivity index (χ4v) is 4.33. The molecule has 1 aromatic carbocycles. The summed E-state index contributed by atoms with van der Waals surface area (Å²) < 4.78 is 3.30. The molecule has 27 heavy (non-hydrogen) atoms. The van der Waals surface area contributed by atoms with E-state index in [1.807, 2.05) is 6.07 Å². The highest BCUT2D eigenvalue weighted by atomic mass is 32.2. The van der Waals surface area contributed by atoms with E-state index in [1.165, 1.54) is 7.11 Å². The average molecular weight is 387 g/mol. The summed E-state index contributed by atoms with van der Waals surface area (Å²) in [6, 6.07) is 13.1. The van der Waals surface area contributed by atoms with E-state index < -0.39 is 27.0 Å². The molecule has 2 rings (SSSR count). The van der Waals surface area contributed by atoms with Crippen molar-refractivity contribution >= 4 is 28.7 Å². The van der Waals surface area contributed by atoms with Crippen LogP contribution in [-0.4, -0.2) is 42.1 Å². The van der Waals surface area contributed by atoms with Gasteiger partial charge in [0.1, 0.15) is 6.07 Å². The summed E-state index contributed by atoms with van der Waals surface area (Å²) in [5.41, 5.74) is -0.640. The van der Waals surface area contributed by atoms with Crippen LogP contribution in [0.4, 0.5) is 0 Å². The van der Waals surface area contributed by atoms with Crippen LogP contribution in [0.3, 0.4) is 0 Å². The predicted octanol–water partition coefficient (Wildman–Crippen LogP) is 0.847. The molecular formula is C19H21N3O4S. The van der Waals surface area contributed by atoms with Gasteiger partial charge in [0, 0.05) is 17.3 Å². The fraction of sp³-hybridized carbons (Fsp3) is 0.421. The molecule has 142 valence electrons. The first-order valence-corrected chi connectivity index (χ1v) is 10.0. The van der Waals surface area contributed by atoms with E-state index in [0.717, 1.165) is 0 Å². The number of ether oxygens (including phenoxy) is 1. The van der Waals surface area contributed by atoms with E-state index in [-0.39, 0.29) is 11.8 Å². The van der Waals surface area contributed by atoms with E-state index in [1.54, 1.807) is 43.7 Å². The minimum Gasteiger partial charge on any atom is -0.862 e. The van der Waals surface area contributed by atoms with Crippen LogP contribution in [0.25, 0.3) is 0 Å². The van der Waals surface area contributed by atoms with Crippen LogP contribution in [0.1, 0.15) is 25.3 Å². The SMILES string of the molecule is COC(=O)C(C#N)([S+](C)C)C(C)(C#N)c1ccccc1.O=C1CCC([O-])=N1. The van der Waals surface area contributed by atoms with Gasteiger partial charge in [-0.3, -0.25) is 4.79 Å². The van der Waals surface area contributed by atoms with Crippen LogP contribution in [0.15, 0.2) is 35.3 Å². The Labute approximate surface area is 161 Å². The zero-order chi connectivity index (χ0) is 20.7. The number of esters is 1. The van der Waals surface area contributed by atoms with Gasteiger partial charge in [-0.25, -0.2) is 9.79 Å². The molecule has 0 saturated carbocycles. The summed E-state index contributed by atoms with van der Waals surface area (Å²) in [6.45, 7) is 1.62. The zero-order valence-corrected chi connectivity index (χ0v) is 16.5. The number of benzene rings is 1. The number of amides is 1. The molecule has 0 spiro atoms. The maximum Gasteiger partial charge on any atom is 0.379 e.